The fraction of sp³-hybridized carbons (Fsp3) is 0.154. The molecule has 0 radical (unpaired) electrons. The summed E-state index contributed by atoms with van der Waals surface area (Å²) in [6.07, 6.45) is 0. The molecular weight excluding hydrogens is 254 g/mol. The van der Waals surface area contributed by atoms with E-state index >= 15 is 0 Å². The molecule has 0 fully saturated rings. The van der Waals surface area contributed by atoms with Gasteiger partial charge < -0.3 is 14.9 Å². The molecule has 0 aliphatic rings. The second kappa shape index (κ2) is 5.14. The first kappa shape index (κ1) is 12.5. The molecule has 0 aliphatic carbocycles. The first-order chi connectivity index (χ1) is 8.61. The summed E-state index contributed by atoms with van der Waals surface area (Å²) in [7, 11) is 0. The van der Waals surface area contributed by atoms with E-state index in [4.69, 9.17) is 26.5 Å². The van der Waals surface area contributed by atoms with Crippen molar-refractivity contribution in [3.63, 3.8) is 0 Å². The van der Waals surface area contributed by atoms with Crippen LogP contribution in [0.2, 0.25) is 5.02 Å². The number of halogens is 1. The quantitative estimate of drug-likeness (QED) is 0.683. The van der Waals surface area contributed by atoms with Gasteiger partial charge in [-0.05, 0) is 37.3 Å². The number of esters is 1. The summed E-state index contributed by atoms with van der Waals surface area (Å²) in [6.45, 7) is 2.03. The molecule has 5 heteroatoms. The van der Waals surface area contributed by atoms with Crippen LogP contribution in [0.15, 0.2) is 34.7 Å². The minimum atomic E-state index is -0.497. The van der Waals surface area contributed by atoms with E-state index in [9.17, 15) is 4.79 Å². The zero-order valence-electron chi connectivity index (χ0n) is 9.77. The van der Waals surface area contributed by atoms with Gasteiger partial charge in [-0.1, -0.05) is 11.6 Å². The first-order valence-corrected chi connectivity index (χ1v) is 5.82. The van der Waals surface area contributed by atoms with Gasteiger partial charge in [0.15, 0.2) is 0 Å². The number of anilines is 1. The minimum Gasteiger partial charge on any atom is -0.460 e. The number of ether oxygens (including phenoxy) is 1. The van der Waals surface area contributed by atoms with Crippen molar-refractivity contribution in [1.82, 2.24) is 0 Å². The molecule has 0 atom stereocenters. The summed E-state index contributed by atoms with van der Waals surface area (Å²) >= 11 is 6.05. The minimum absolute atomic E-state index is 0.144. The maximum atomic E-state index is 11.5. The number of carbonyl (C=O) groups excluding carboxylic acids is 1. The van der Waals surface area contributed by atoms with Crippen molar-refractivity contribution in [3.8, 4) is 11.3 Å². The van der Waals surface area contributed by atoms with Crippen LogP contribution in [0.3, 0.4) is 0 Å². The zero-order chi connectivity index (χ0) is 13.1. The molecule has 0 saturated carbocycles. The van der Waals surface area contributed by atoms with Gasteiger partial charge in [-0.25, -0.2) is 4.79 Å². The highest BCUT2D eigenvalue weighted by molar-refractivity contribution is 6.33. The Morgan fingerprint density at radius 1 is 1.39 bits per heavy atom. The molecule has 0 bridgehead atoms. The molecule has 0 aliphatic heterocycles. The molecular formula is C13H12ClNO3. The molecule has 2 rings (SSSR count). The predicted molar refractivity (Wildman–Crippen MR) is 69.5 cm³/mol. The van der Waals surface area contributed by atoms with Crippen molar-refractivity contribution in [2.45, 2.75) is 6.92 Å². The van der Waals surface area contributed by atoms with Crippen LogP contribution in [0, 0.1) is 0 Å². The van der Waals surface area contributed by atoms with Gasteiger partial charge in [-0.3, -0.25) is 0 Å². The van der Waals surface area contributed by atoms with Crippen LogP contribution >= 0.6 is 11.6 Å². The molecule has 1 heterocycles. The van der Waals surface area contributed by atoms with Crippen LogP contribution in [0.5, 0.6) is 0 Å². The van der Waals surface area contributed by atoms with Crippen molar-refractivity contribution in [2.75, 3.05) is 12.3 Å². The summed E-state index contributed by atoms with van der Waals surface area (Å²) in [4.78, 5) is 11.5. The Kier molecular flexibility index (Phi) is 3.58. The van der Waals surface area contributed by atoms with Gasteiger partial charge in [0, 0.05) is 11.3 Å². The van der Waals surface area contributed by atoms with E-state index in [1.165, 1.54) is 0 Å². The number of rotatable bonds is 3. The number of hydrogen-bond donors (Lipinski definition) is 1. The monoisotopic (exact) mass is 265 g/mol. The van der Waals surface area contributed by atoms with Gasteiger partial charge in [-0.2, -0.15) is 0 Å². The first-order valence-electron chi connectivity index (χ1n) is 5.44. The second-order valence-corrected chi connectivity index (χ2v) is 4.03. The number of furan rings is 1. The van der Waals surface area contributed by atoms with Crippen LogP contribution in [0.1, 0.15) is 17.5 Å². The Balaban J connectivity index is 2.35. The summed E-state index contributed by atoms with van der Waals surface area (Å²) in [5.41, 5.74) is 6.91. The third kappa shape index (κ3) is 2.49. The number of hydrogen-bond acceptors (Lipinski definition) is 4. The number of benzene rings is 1. The van der Waals surface area contributed by atoms with E-state index in [2.05, 4.69) is 0 Å². The molecule has 2 aromatic rings. The molecule has 0 amide bonds. The Morgan fingerprint density at radius 3 is 2.89 bits per heavy atom. The van der Waals surface area contributed by atoms with Crippen molar-refractivity contribution < 1.29 is 13.9 Å². The zero-order valence-corrected chi connectivity index (χ0v) is 10.5. The van der Waals surface area contributed by atoms with Crippen molar-refractivity contribution in [3.05, 3.63) is 41.1 Å². The molecule has 1 aromatic carbocycles. The number of nitrogen functional groups attached to an aromatic ring is 1. The topological polar surface area (TPSA) is 65.5 Å². The summed E-state index contributed by atoms with van der Waals surface area (Å²) < 4.78 is 10.2. The van der Waals surface area contributed by atoms with Crippen molar-refractivity contribution >= 4 is 23.3 Å². The summed E-state index contributed by atoms with van der Waals surface area (Å²) in [5, 5.41) is 0.508. The van der Waals surface area contributed by atoms with Gasteiger partial charge in [0.1, 0.15) is 5.76 Å². The molecule has 2 N–H and O–H groups in total. The van der Waals surface area contributed by atoms with Gasteiger partial charge in [0.25, 0.3) is 0 Å². The molecule has 94 valence electrons. The highest BCUT2D eigenvalue weighted by Gasteiger charge is 2.14. The van der Waals surface area contributed by atoms with Gasteiger partial charge >= 0.3 is 5.97 Å². The lowest BCUT2D eigenvalue weighted by atomic mass is 10.1. The number of carbonyl (C=O) groups is 1. The lowest BCUT2D eigenvalue weighted by Gasteiger charge is -2.02. The van der Waals surface area contributed by atoms with E-state index in [0.29, 0.717) is 28.6 Å². The predicted octanol–water partition coefficient (Wildman–Crippen LogP) is 3.36. The molecule has 18 heavy (non-hydrogen) atoms. The Morgan fingerprint density at radius 2 is 2.17 bits per heavy atom. The smallest absolute Gasteiger partial charge is 0.374 e. The fourth-order valence-corrected chi connectivity index (χ4v) is 1.74. The third-order valence-electron chi connectivity index (χ3n) is 2.34. The third-order valence-corrected chi connectivity index (χ3v) is 2.67. The van der Waals surface area contributed by atoms with E-state index in [0.717, 1.165) is 0 Å². The van der Waals surface area contributed by atoms with Crippen LogP contribution in [-0.4, -0.2) is 12.6 Å². The van der Waals surface area contributed by atoms with Crippen LogP contribution in [0.25, 0.3) is 11.3 Å². The Hall–Kier alpha value is -1.94. The van der Waals surface area contributed by atoms with Crippen molar-refractivity contribution in [2.24, 2.45) is 0 Å². The van der Waals surface area contributed by atoms with E-state index in [1.54, 1.807) is 37.3 Å². The molecule has 4 nitrogen and oxygen atoms in total. The Labute approximate surface area is 109 Å². The maximum absolute atomic E-state index is 11.5. The second-order valence-electron chi connectivity index (χ2n) is 3.62. The lowest BCUT2D eigenvalue weighted by Crippen LogP contribution is -2.02. The fourth-order valence-electron chi connectivity index (χ4n) is 1.53. The van der Waals surface area contributed by atoms with Crippen molar-refractivity contribution in [1.29, 1.82) is 0 Å². The number of nitrogens with two attached hydrogens (primary N) is 1. The SMILES string of the molecule is CCOC(=O)c1ccc(-c2cc(N)ccc2Cl)o1. The average molecular weight is 266 g/mol. The largest absolute Gasteiger partial charge is 0.460 e. The Bertz CT molecular complexity index is 577. The highest BCUT2D eigenvalue weighted by atomic mass is 35.5. The normalized spacial score (nSPS) is 10.3. The molecule has 0 spiro atoms. The van der Waals surface area contributed by atoms with Crippen LogP contribution in [0.4, 0.5) is 5.69 Å². The molecule has 0 unspecified atom stereocenters. The molecule has 0 saturated heterocycles. The van der Waals surface area contributed by atoms with Gasteiger partial charge in [-0.15, -0.1) is 0 Å². The van der Waals surface area contributed by atoms with E-state index < -0.39 is 5.97 Å². The lowest BCUT2D eigenvalue weighted by molar-refractivity contribution is 0.0491. The van der Waals surface area contributed by atoms with Crippen LogP contribution in [-0.2, 0) is 4.74 Å². The average Bonchev–Trinajstić information content (AvgIpc) is 2.82. The van der Waals surface area contributed by atoms with E-state index in [-0.39, 0.29) is 5.76 Å². The van der Waals surface area contributed by atoms with Gasteiger partial charge in [0.05, 0.1) is 11.6 Å². The molecule has 1 aromatic heterocycles. The summed E-state index contributed by atoms with van der Waals surface area (Å²) in [6, 6.07) is 8.27. The van der Waals surface area contributed by atoms with E-state index in [1.807, 2.05) is 0 Å². The summed E-state index contributed by atoms with van der Waals surface area (Å²) in [5.74, 6) is 0.129. The highest BCUT2D eigenvalue weighted by Crippen LogP contribution is 2.31. The van der Waals surface area contributed by atoms with Crippen LogP contribution < -0.4 is 5.73 Å². The maximum Gasteiger partial charge on any atom is 0.374 e. The standard InChI is InChI=1S/C13H12ClNO3/c1-2-17-13(16)12-6-5-11(18-12)9-7-8(15)3-4-10(9)14/h3-7H,2,15H2,1H3. The van der Waals surface area contributed by atoms with Gasteiger partial charge in [0.2, 0.25) is 5.76 Å².